The van der Waals surface area contributed by atoms with Gasteiger partial charge in [0.05, 0.1) is 4.88 Å². The summed E-state index contributed by atoms with van der Waals surface area (Å²) in [6.45, 7) is 3.40. The van der Waals surface area contributed by atoms with Crippen molar-refractivity contribution in [3.63, 3.8) is 0 Å². The molecule has 2 aromatic heterocycles. The summed E-state index contributed by atoms with van der Waals surface area (Å²) in [4.78, 5) is 25.4. The van der Waals surface area contributed by atoms with Crippen LogP contribution in [0.15, 0.2) is 12.4 Å². The largest absolute Gasteiger partial charge is 0.354 e. The molecule has 0 bridgehead atoms. The van der Waals surface area contributed by atoms with E-state index in [9.17, 15) is 4.79 Å². The first-order valence-electron chi connectivity index (χ1n) is 7.94. The Morgan fingerprint density at radius 2 is 2.18 bits per heavy atom. The summed E-state index contributed by atoms with van der Waals surface area (Å²) in [5, 5.41) is 2.76. The molecule has 4 rings (SSSR count). The second-order valence-corrected chi connectivity index (χ2v) is 7.32. The Hall–Kier alpha value is -1.53. The average molecular weight is 316 g/mol. The number of nitrogens with zero attached hydrogens (tertiary/aromatic N) is 3. The lowest BCUT2D eigenvalue weighted by Crippen LogP contribution is -2.23. The molecule has 1 aliphatic heterocycles. The first kappa shape index (κ1) is 14.1. The number of carbonyl (C=O) groups excluding carboxylic acids is 1. The highest BCUT2D eigenvalue weighted by molar-refractivity contribution is 7.20. The van der Waals surface area contributed by atoms with Crippen molar-refractivity contribution in [3.8, 4) is 0 Å². The maximum atomic E-state index is 12.3. The molecule has 5 nitrogen and oxygen atoms in total. The zero-order valence-electron chi connectivity index (χ0n) is 12.7. The van der Waals surface area contributed by atoms with Crippen LogP contribution in [0.1, 0.15) is 40.4 Å². The topological polar surface area (TPSA) is 58.1 Å². The van der Waals surface area contributed by atoms with E-state index in [1.807, 2.05) is 0 Å². The Labute approximate surface area is 133 Å². The molecule has 1 saturated carbocycles. The normalized spacial score (nSPS) is 22.3. The van der Waals surface area contributed by atoms with E-state index in [4.69, 9.17) is 0 Å². The molecule has 1 atom stereocenters. The minimum atomic E-state index is -0.0135. The van der Waals surface area contributed by atoms with Crippen molar-refractivity contribution >= 4 is 27.6 Å². The smallest absolute Gasteiger partial charge is 0.261 e. The lowest BCUT2D eigenvalue weighted by atomic mass is 9.97. The Bertz CT molecular complexity index is 709. The predicted molar refractivity (Wildman–Crippen MR) is 87.3 cm³/mol. The van der Waals surface area contributed by atoms with Crippen molar-refractivity contribution < 1.29 is 4.79 Å². The van der Waals surface area contributed by atoms with Gasteiger partial charge in [-0.3, -0.25) is 9.78 Å². The maximum Gasteiger partial charge on any atom is 0.261 e. The highest BCUT2D eigenvalue weighted by Gasteiger charge is 2.33. The molecule has 22 heavy (non-hydrogen) atoms. The third kappa shape index (κ3) is 2.50. The fourth-order valence-corrected chi connectivity index (χ4v) is 4.54. The molecule has 1 aliphatic carbocycles. The van der Waals surface area contributed by atoms with Gasteiger partial charge in [-0.15, -0.1) is 11.3 Å². The summed E-state index contributed by atoms with van der Waals surface area (Å²) in [5.74, 6) is 1.30. The molecule has 1 amide bonds. The summed E-state index contributed by atoms with van der Waals surface area (Å²) in [7, 11) is 1.69. The second kappa shape index (κ2) is 5.59. The van der Waals surface area contributed by atoms with Gasteiger partial charge >= 0.3 is 0 Å². The Balaban J connectivity index is 1.68. The Kier molecular flexibility index (Phi) is 3.58. The number of amides is 1. The monoisotopic (exact) mass is 316 g/mol. The van der Waals surface area contributed by atoms with Crippen LogP contribution in [0.4, 0.5) is 0 Å². The predicted octanol–water partition coefficient (Wildman–Crippen LogP) is 2.25. The van der Waals surface area contributed by atoms with Gasteiger partial charge in [0.15, 0.2) is 0 Å². The molecule has 1 N–H and O–H groups in total. The Morgan fingerprint density at radius 3 is 2.95 bits per heavy atom. The van der Waals surface area contributed by atoms with E-state index in [0.29, 0.717) is 5.92 Å². The molecule has 0 radical (unpaired) electrons. The van der Waals surface area contributed by atoms with Gasteiger partial charge in [-0.05, 0) is 31.7 Å². The van der Waals surface area contributed by atoms with E-state index >= 15 is 0 Å². The lowest BCUT2D eigenvalue weighted by molar-refractivity contribution is 0.0966. The van der Waals surface area contributed by atoms with Crippen molar-refractivity contribution in [3.05, 3.63) is 22.8 Å². The lowest BCUT2D eigenvalue weighted by Gasteiger charge is -2.15. The van der Waals surface area contributed by atoms with Crippen molar-refractivity contribution in [2.75, 3.05) is 26.7 Å². The molecule has 116 valence electrons. The maximum absolute atomic E-state index is 12.3. The van der Waals surface area contributed by atoms with Gasteiger partial charge in [-0.1, -0.05) is 0 Å². The molecule has 0 aromatic carbocycles. The number of likely N-dealkylation sites (tertiary alicyclic amines) is 1. The molecule has 1 saturated heterocycles. The van der Waals surface area contributed by atoms with Crippen LogP contribution in [0.2, 0.25) is 0 Å². The molecule has 0 spiro atoms. The number of fused-ring (bicyclic) bond motifs is 1. The van der Waals surface area contributed by atoms with Gasteiger partial charge in [0.1, 0.15) is 10.3 Å². The van der Waals surface area contributed by atoms with E-state index in [-0.39, 0.29) is 5.91 Å². The van der Waals surface area contributed by atoms with Crippen LogP contribution in [0.3, 0.4) is 0 Å². The molecule has 2 fully saturated rings. The van der Waals surface area contributed by atoms with Gasteiger partial charge < -0.3 is 10.2 Å². The number of carbonyl (C=O) groups is 1. The van der Waals surface area contributed by atoms with E-state index < -0.39 is 0 Å². The van der Waals surface area contributed by atoms with Crippen molar-refractivity contribution in [2.24, 2.45) is 5.92 Å². The van der Waals surface area contributed by atoms with Crippen LogP contribution in [0, 0.1) is 5.92 Å². The number of thiophene rings is 1. The van der Waals surface area contributed by atoms with Crippen LogP contribution in [-0.4, -0.2) is 47.5 Å². The highest BCUT2D eigenvalue weighted by Crippen LogP contribution is 2.39. The number of hydrogen-bond donors (Lipinski definition) is 1. The van der Waals surface area contributed by atoms with E-state index in [0.717, 1.165) is 46.2 Å². The zero-order chi connectivity index (χ0) is 15.1. The molecule has 2 aliphatic rings. The minimum absolute atomic E-state index is 0.0135. The summed E-state index contributed by atoms with van der Waals surface area (Å²) in [6, 6.07) is 0. The number of rotatable bonds is 4. The summed E-state index contributed by atoms with van der Waals surface area (Å²) >= 11 is 1.47. The molecular weight excluding hydrogens is 296 g/mol. The third-order valence-electron chi connectivity index (χ3n) is 4.69. The summed E-state index contributed by atoms with van der Waals surface area (Å²) in [5.41, 5.74) is 2.04. The second-order valence-electron chi connectivity index (χ2n) is 6.32. The molecule has 3 heterocycles. The fraction of sp³-hybridized carbons (Fsp3) is 0.562. The average Bonchev–Trinajstić information content (AvgIpc) is 3.09. The standard InChI is InChI=1S/C16H20N4OS/c1-17-15(21)14-12(13-16(22-14)19-6-5-18-13)11-4-7-20(9-11)8-10-2-3-10/h5-6,10-11H,2-4,7-9H2,1H3,(H,17,21)/t11-/m1/s1. The number of aromatic nitrogens is 2. The molecule has 6 heteroatoms. The summed E-state index contributed by atoms with van der Waals surface area (Å²) < 4.78 is 0. The molecule has 2 aromatic rings. The van der Waals surface area contributed by atoms with E-state index in [1.54, 1.807) is 19.4 Å². The van der Waals surface area contributed by atoms with Crippen LogP contribution < -0.4 is 5.32 Å². The third-order valence-corrected chi connectivity index (χ3v) is 5.79. The van der Waals surface area contributed by atoms with Crippen LogP contribution in [0.25, 0.3) is 10.3 Å². The highest BCUT2D eigenvalue weighted by atomic mass is 32.1. The van der Waals surface area contributed by atoms with E-state index in [2.05, 4.69) is 20.2 Å². The summed E-state index contributed by atoms with van der Waals surface area (Å²) in [6.07, 6.45) is 7.31. The van der Waals surface area contributed by atoms with Crippen LogP contribution in [-0.2, 0) is 0 Å². The van der Waals surface area contributed by atoms with Gasteiger partial charge in [0, 0.05) is 44.0 Å². The Morgan fingerprint density at radius 1 is 1.36 bits per heavy atom. The van der Waals surface area contributed by atoms with Gasteiger partial charge in [-0.25, -0.2) is 4.98 Å². The SMILES string of the molecule is CNC(=O)c1sc2nccnc2c1[C@@H]1CCN(CC2CC2)C1. The van der Waals surface area contributed by atoms with Crippen LogP contribution in [0.5, 0.6) is 0 Å². The van der Waals surface area contributed by atoms with Gasteiger partial charge in [0.2, 0.25) is 0 Å². The molecule has 0 unspecified atom stereocenters. The zero-order valence-corrected chi connectivity index (χ0v) is 13.5. The van der Waals surface area contributed by atoms with Crippen LogP contribution >= 0.6 is 11.3 Å². The molecular formula is C16H20N4OS. The van der Waals surface area contributed by atoms with Gasteiger partial charge in [0.25, 0.3) is 5.91 Å². The van der Waals surface area contributed by atoms with Crippen molar-refractivity contribution in [2.45, 2.75) is 25.2 Å². The first-order valence-corrected chi connectivity index (χ1v) is 8.75. The fourth-order valence-electron chi connectivity index (χ4n) is 3.40. The van der Waals surface area contributed by atoms with Crippen molar-refractivity contribution in [1.29, 1.82) is 0 Å². The number of nitrogens with one attached hydrogen (secondary N) is 1. The van der Waals surface area contributed by atoms with Crippen molar-refractivity contribution in [1.82, 2.24) is 20.2 Å². The quantitative estimate of drug-likeness (QED) is 0.940. The van der Waals surface area contributed by atoms with E-state index in [1.165, 1.54) is 30.7 Å². The van der Waals surface area contributed by atoms with Gasteiger partial charge in [-0.2, -0.15) is 0 Å². The number of hydrogen-bond acceptors (Lipinski definition) is 5. The minimum Gasteiger partial charge on any atom is -0.354 e. The first-order chi connectivity index (χ1) is 10.8.